The number of aliphatic hydroxyl groups excluding tert-OH is 1. The summed E-state index contributed by atoms with van der Waals surface area (Å²) in [7, 11) is 0. The van der Waals surface area contributed by atoms with E-state index < -0.39 is 0 Å². The summed E-state index contributed by atoms with van der Waals surface area (Å²) in [5.41, 5.74) is 2.41. The van der Waals surface area contributed by atoms with Crippen LogP contribution in [0.3, 0.4) is 0 Å². The molecule has 20 heavy (non-hydrogen) atoms. The van der Waals surface area contributed by atoms with Gasteiger partial charge in [0.1, 0.15) is 0 Å². The van der Waals surface area contributed by atoms with Crippen LogP contribution in [0.1, 0.15) is 63.7 Å². The lowest BCUT2D eigenvalue weighted by Gasteiger charge is -2.40. The second-order valence-electron chi connectivity index (χ2n) is 6.33. The van der Waals surface area contributed by atoms with Gasteiger partial charge < -0.3 is 5.11 Å². The third-order valence-corrected chi connectivity index (χ3v) is 4.66. The molecule has 0 bridgehead atoms. The van der Waals surface area contributed by atoms with Crippen LogP contribution in [0.15, 0.2) is 24.3 Å². The first-order valence-electron chi connectivity index (χ1n) is 8.14. The van der Waals surface area contributed by atoms with Gasteiger partial charge in [-0.3, -0.25) is 4.90 Å². The van der Waals surface area contributed by atoms with Gasteiger partial charge in [-0.1, -0.05) is 44.0 Å². The summed E-state index contributed by atoms with van der Waals surface area (Å²) in [6.45, 7) is 7.52. The third kappa shape index (κ3) is 3.83. The van der Waals surface area contributed by atoms with Crippen molar-refractivity contribution in [2.75, 3.05) is 6.54 Å². The van der Waals surface area contributed by atoms with Gasteiger partial charge in [0, 0.05) is 18.6 Å². The molecule has 1 aliphatic heterocycles. The topological polar surface area (TPSA) is 23.5 Å². The molecule has 0 radical (unpaired) electrons. The highest BCUT2D eigenvalue weighted by atomic mass is 16.3. The van der Waals surface area contributed by atoms with Crippen LogP contribution in [0.2, 0.25) is 0 Å². The number of aryl methyl sites for hydroxylation is 1. The molecule has 0 aromatic heterocycles. The summed E-state index contributed by atoms with van der Waals surface area (Å²) < 4.78 is 0. The summed E-state index contributed by atoms with van der Waals surface area (Å²) in [5.74, 6) is 0. The molecule has 0 saturated carbocycles. The smallest absolute Gasteiger partial charge is 0.0917 e. The van der Waals surface area contributed by atoms with Gasteiger partial charge in [0.05, 0.1) is 6.10 Å². The predicted octanol–water partition coefficient (Wildman–Crippen LogP) is 3.94. The number of piperidine rings is 1. The van der Waals surface area contributed by atoms with E-state index in [9.17, 15) is 5.11 Å². The maximum absolute atomic E-state index is 10.5. The van der Waals surface area contributed by atoms with Crippen LogP contribution in [-0.4, -0.2) is 28.6 Å². The Hall–Kier alpha value is -0.860. The molecule has 0 spiro atoms. The lowest BCUT2D eigenvalue weighted by Crippen LogP contribution is -2.45. The minimum atomic E-state index is -0.367. The quantitative estimate of drug-likeness (QED) is 0.880. The molecule has 1 saturated heterocycles. The number of hydrogen-bond acceptors (Lipinski definition) is 2. The van der Waals surface area contributed by atoms with Crippen molar-refractivity contribution in [1.29, 1.82) is 0 Å². The number of benzene rings is 1. The van der Waals surface area contributed by atoms with E-state index in [0.29, 0.717) is 12.1 Å². The average molecular weight is 275 g/mol. The molecule has 0 aliphatic carbocycles. The highest BCUT2D eigenvalue weighted by Gasteiger charge is 2.26. The van der Waals surface area contributed by atoms with Crippen molar-refractivity contribution in [3.63, 3.8) is 0 Å². The number of rotatable bonds is 5. The maximum atomic E-state index is 10.5. The number of hydrogen-bond donors (Lipinski definition) is 1. The molecule has 112 valence electrons. The van der Waals surface area contributed by atoms with Gasteiger partial charge in [0.25, 0.3) is 0 Å². The van der Waals surface area contributed by atoms with E-state index >= 15 is 0 Å². The highest BCUT2D eigenvalue weighted by Crippen LogP contribution is 2.25. The monoisotopic (exact) mass is 275 g/mol. The Morgan fingerprint density at radius 2 is 1.75 bits per heavy atom. The van der Waals surface area contributed by atoms with Gasteiger partial charge in [-0.05, 0) is 44.2 Å². The van der Waals surface area contributed by atoms with Crippen molar-refractivity contribution in [2.45, 2.75) is 71.1 Å². The standard InChI is InChI=1S/C18H29NO/c1-4-6-16-9-11-17(12-10-16)18(20)13-19-14(2)7-5-8-15(19)3/h9-12,14-15,18,20H,4-8,13H2,1-3H3/t14-,15+,18?. The molecular weight excluding hydrogens is 246 g/mol. The summed E-state index contributed by atoms with van der Waals surface area (Å²) >= 11 is 0. The van der Waals surface area contributed by atoms with E-state index in [1.807, 2.05) is 0 Å². The zero-order valence-corrected chi connectivity index (χ0v) is 13.2. The lowest BCUT2D eigenvalue weighted by molar-refractivity contribution is 0.0412. The van der Waals surface area contributed by atoms with Gasteiger partial charge in [0.15, 0.2) is 0 Å². The van der Waals surface area contributed by atoms with Gasteiger partial charge in [0.2, 0.25) is 0 Å². The summed E-state index contributed by atoms with van der Waals surface area (Å²) in [4.78, 5) is 2.47. The maximum Gasteiger partial charge on any atom is 0.0917 e. The number of nitrogens with zero attached hydrogens (tertiary/aromatic N) is 1. The fourth-order valence-electron chi connectivity index (χ4n) is 3.33. The first kappa shape index (κ1) is 15.5. The van der Waals surface area contributed by atoms with E-state index in [1.54, 1.807) is 0 Å². The first-order valence-corrected chi connectivity index (χ1v) is 8.14. The van der Waals surface area contributed by atoms with Crippen LogP contribution < -0.4 is 0 Å². The number of likely N-dealkylation sites (tertiary alicyclic amines) is 1. The Kier molecular flexibility index (Phi) is 5.62. The molecule has 1 aromatic carbocycles. The fourth-order valence-corrected chi connectivity index (χ4v) is 3.33. The van der Waals surface area contributed by atoms with Gasteiger partial charge in [-0.15, -0.1) is 0 Å². The van der Waals surface area contributed by atoms with Gasteiger partial charge in [-0.25, -0.2) is 0 Å². The van der Waals surface area contributed by atoms with Crippen molar-refractivity contribution in [1.82, 2.24) is 4.90 Å². The Balaban J connectivity index is 1.98. The van der Waals surface area contributed by atoms with E-state index in [-0.39, 0.29) is 6.10 Å². The van der Waals surface area contributed by atoms with E-state index in [4.69, 9.17) is 0 Å². The summed E-state index contributed by atoms with van der Waals surface area (Å²) in [6.07, 6.45) is 5.76. The molecule has 2 heteroatoms. The Morgan fingerprint density at radius 3 is 2.30 bits per heavy atom. The molecule has 0 amide bonds. The van der Waals surface area contributed by atoms with Crippen molar-refractivity contribution >= 4 is 0 Å². The fraction of sp³-hybridized carbons (Fsp3) is 0.667. The van der Waals surface area contributed by atoms with Crippen molar-refractivity contribution in [3.8, 4) is 0 Å². The van der Waals surface area contributed by atoms with E-state index in [1.165, 1.54) is 31.2 Å². The van der Waals surface area contributed by atoms with E-state index in [2.05, 4.69) is 49.9 Å². The molecule has 3 atom stereocenters. The molecule has 1 fully saturated rings. The molecule has 1 aromatic rings. The predicted molar refractivity (Wildman–Crippen MR) is 84.9 cm³/mol. The summed E-state index contributed by atoms with van der Waals surface area (Å²) in [6, 6.07) is 9.68. The molecular formula is C18H29NO. The van der Waals surface area contributed by atoms with Gasteiger partial charge >= 0.3 is 0 Å². The second-order valence-corrected chi connectivity index (χ2v) is 6.33. The van der Waals surface area contributed by atoms with Crippen molar-refractivity contribution < 1.29 is 5.11 Å². The normalized spacial score (nSPS) is 25.6. The number of aliphatic hydroxyl groups is 1. The van der Waals surface area contributed by atoms with Crippen LogP contribution >= 0.6 is 0 Å². The highest BCUT2D eigenvalue weighted by molar-refractivity contribution is 5.24. The molecule has 1 aliphatic rings. The zero-order chi connectivity index (χ0) is 14.5. The molecule has 2 nitrogen and oxygen atoms in total. The Labute approximate surface area is 123 Å². The minimum Gasteiger partial charge on any atom is -0.387 e. The van der Waals surface area contributed by atoms with Crippen LogP contribution in [0.4, 0.5) is 0 Å². The second kappa shape index (κ2) is 7.24. The Bertz CT molecular complexity index is 390. The first-order chi connectivity index (χ1) is 9.61. The summed E-state index contributed by atoms with van der Waals surface area (Å²) in [5, 5.41) is 10.5. The molecule has 1 heterocycles. The minimum absolute atomic E-state index is 0.367. The SMILES string of the molecule is CCCc1ccc(C(O)CN2[C@H](C)CCC[C@@H]2C)cc1. The van der Waals surface area contributed by atoms with E-state index in [0.717, 1.165) is 18.5 Å². The van der Waals surface area contributed by atoms with Gasteiger partial charge in [-0.2, -0.15) is 0 Å². The third-order valence-electron chi connectivity index (χ3n) is 4.66. The van der Waals surface area contributed by atoms with Crippen LogP contribution in [0.5, 0.6) is 0 Å². The molecule has 1 N–H and O–H groups in total. The van der Waals surface area contributed by atoms with Crippen LogP contribution in [-0.2, 0) is 6.42 Å². The number of β-amino-alcohol motifs (C(OH)–C–C–N with tert-alkyl or cyclic N) is 1. The van der Waals surface area contributed by atoms with Crippen LogP contribution in [0.25, 0.3) is 0 Å². The average Bonchev–Trinajstić information content (AvgIpc) is 2.44. The van der Waals surface area contributed by atoms with Crippen molar-refractivity contribution in [2.24, 2.45) is 0 Å². The largest absolute Gasteiger partial charge is 0.387 e. The zero-order valence-electron chi connectivity index (χ0n) is 13.2. The lowest BCUT2D eigenvalue weighted by atomic mass is 9.96. The Morgan fingerprint density at radius 1 is 1.15 bits per heavy atom. The van der Waals surface area contributed by atoms with Crippen molar-refractivity contribution in [3.05, 3.63) is 35.4 Å². The molecule has 1 unspecified atom stereocenters. The van der Waals surface area contributed by atoms with Crippen LogP contribution in [0, 0.1) is 0 Å². The molecule has 2 rings (SSSR count).